The highest BCUT2D eigenvalue weighted by molar-refractivity contribution is 7.91. The summed E-state index contributed by atoms with van der Waals surface area (Å²) in [7, 11) is -3.08. The number of sulfone groups is 1. The second kappa shape index (κ2) is 4.60. The Labute approximate surface area is 104 Å². The van der Waals surface area contributed by atoms with E-state index in [9.17, 15) is 18.0 Å². The number of rotatable bonds is 3. The molecule has 1 aromatic heterocycles. The number of aromatic nitrogens is 2. The van der Waals surface area contributed by atoms with Gasteiger partial charge in [-0.15, -0.1) is 0 Å². The molecule has 2 heterocycles. The number of H-pyrrole nitrogens is 1. The summed E-state index contributed by atoms with van der Waals surface area (Å²) >= 11 is 0. The number of hydrogen-bond donors (Lipinski definition) is 1. The Hall–Kier alpha value is -1.57. The average Bonchev–Trinajstić information content (AvgIpc) is 2.82. The molecule has 8 heteroatoms. The number of nitrogens with one attached hydrogen (secondary N) is 1. The van der Waals surface area contributed by atoms with Crippen molar-refractivity contribution in [2.24, 2.45) is 0 Å². The van der Waals surface area contributed by atoms with Crippen molar-refractivity contribution in [3.63, 3.8) is 0 Å². The van der Waals surface area contributed by atoms with E-state index in [1.807, 2.05) is 0 Å². The minimum atomic E-state index is -3.08. The van der Waals surface area contributed by atoms with Crippen LogP contribution in [-0.4, -0.2) is 42.3 Å². The molecular formula is C10H14N2O5S. The van der Waals surface area contributed by atoms with E-state index in [1.165, 1.54) is 10.9 Å². The summed E-state index contributed by atoms with van der Waals surface area (Å²) in [6.07, 6.45) is 1.64. The fourth-order valence-electron chi connectivity index (χ4n) is 1.99. The van der Waals surface area contributed by atoms with Gasteiger partial charge >= 0.3 is 5.97 Å². The zero-order valence-electron chi connectivity index (χ0n) is 9.88. The molecule has 0 aromatic carbocycles. The largest absolute Gasteiger partial charge is 0.462 e. The molecule has 0 spiro atoms. The van der Waals surface area contributed by atoms with Gasteiger partial charge < -0.3 is 9.84 Å². The third-order valence-corrected chi connectivity index (χ3v) is 4.62. The fraction of sp³-hybridized carbons (Fsp3) is 0.600. The molecule has 2 rings (SSSR count). The lowest BCUT2D eigenvalue weighted by Gasteiger charge is -2.07. The first kappa shape index (κ1) is 12.9. The maximum Gasteiger partial charge on any atom is 0.345 e. The molecule has 1 atom stereocenters. The highest BCUT2D eigenvalue weighted by atomic mass is 32.2. The van der Waals surface area contributed by atoms with Crippen molar-refractivity contribution in [1.82, 2.24) is 9.78 Å². The Morgan fingerprint density at radius 1 is 1.61 bits per heavy atom. The summed E-state index contributed by atoms with van der Waals surface area (Å²) in [5, 5.41) is 2.63. The number of carbonyl (C=O) groups is 1. The molecule has 1 aliphatic heterocycles. The van der Waals surface area contributed by atoms with Crippen molar-refractivity contribution in [3.8, 4) is 0 Å². The van der Waals surface area contributed by atoms with Crippen molar-refractivity contribution in [2.45, 2.75) is 19.4 Å². The van der Waals surface area contributed by atoms with Crippen LogP contribution in [0.25, 0.3) is 0 Å². The number of esters is 1. The van der Waals surface area contributed by atoms with E-state index in [0.29, 0.717) is 6.42 Å². The van der Waals surface area contributed by atoms with Gasteiger partial charge in [0.15, 0.2) is 9.84 Å². The molecule has 0 aliphatic carbocycles. The van der Waals surface area contributed by atoms with Crippen LogP contribution in [0.5, 0.6) is 0 Å². The zero-order chi connectivity index (χ0) is 13.3. The predicted octanol–water partition coefficient (Wildman–Crippen LogP) is -0.287. The van der Waals surface area contributed by atoms with Gasteiger partial charge in [0.1, 0.15) is 5.56 Å². The number of aromatic amines is 1. The predicted molar refractivity (Wildman–Crippen MR) is 63.3 cm³/mol. The van der Waals surface area contributed by atoms with Crippen LogP contribution in [0.2, 0.25) is 0 Å². The third kappa shape index (κ3) is 2.33. The molecule has 18 heavy (non-hydrogen) atoms. The van der Waals surface area contributed by atoms with E-state index in [0.717, 1.165) is 0 Å². The second-order valence-corrected chi connectivity index (χ2v) is 6.37. The summed E-state index contributed by atoms with van der Waals surface area (Å²) in [5.74, 6) is -0.702. The van der Waals surface area contributed by atoms with Gasteiger partial charge in [-0.2, -0.15) is 0 Å². The zero-order valence-corrected chi connectivity index (χ0v) is 10.7. The smallest absolute Gasteiger partial charge is 0.345 e. The highest BCUT2D eigenvalue weighted by Crippen LogP contribution is 2.21. The molecule has 7 nitrogen and oxygen atoms in total. The first-order valence-electron chi connectivity index (χ1n) is 5.62. The van der Waals surface area contributed by atoms with Crippen LogP contribution in [0, 0.1) is 0 Å². The van der Waals surface area contributed by atoms with Crippen LogP contribution < -0.4 is 5.56 Å². The number of carbonyl (C=O) groups excluding carboxylic acids is 1. The van der Waals surface area contributed by atoms with Gasteiger partial charge in [-0.25, -0.2) is 17.9 Å². The van der Waals surface area contributed by atoms with Crippen LogP contribution in [-0.2, 0) is 14.6 Å². The molecule has 1 fully saturated rings. The minimum Gasteiger partial charge on any atom is -0.462 e. The first-order chi connectivity index (χ1) is 8.44. The molecule has 0 saturated carbocycles. The standard InChI is InChI=1S/C10H14N2O5S/c1-2-17-10(14)8-5-11-12(9(8)13)7-3-4-18(15,16)6-7/h5,7,11H,2-4,6H2,1H3. The normalized spacial score (nSPS) is 21.9. The minimum absolute atomic E-state index is 0.0673. The molecule has 0 bridgehead atoms. The van der Waals surface area contributed by atoms with Gasteiger partial charge in [0.25, 0.3) is 5.56 Å². The Morgan fingerprint density at radius 3 is 2.89 bits per heavy atom. The molecule has 1 saturated heterocycles. The lowest BCUT2D eigenvalue weighted by molar-refractivity contribution is 0.0524. The number of ether oxygens (including phenoxy) is 1. The molecule has 1 aromatic rings. The Bertz CT molecular complexity index is 612. The Kier molecular flexibility index (Phi) is 3.29. The Balaban J connectivity index is 2.27. The van der Waals surface area contributed by atoms with Gasteiger partial charge in [-0.3, -0.25) is 4.79 Å². The summed E-state index contributed by atoms with van der Waals surface area (Å²) in [4.78, 5) is 23.4. The van der Waals surface area contributed by atoms with Crippen LogP contribution in [0.15, 0.2) is 11.0 Å². The van der Waals surface area contributed by atoms with Crippen molar-refractivity contribution in [3.05, 3.63) is 22.1 Å². The van der Waals surface area contributed by atoms with Gasteiger partial charge in [0.05, 0.1) is 24.2 Å². The van der Waals surface area contributed by atoms with Crippen LogP contribution >= 0.6 is 0 Å². The Morgan fingerprint density at radius 2 is 2.33 bits per heavy atom. The molecule has 100 valence electrons. The van der Waals surface area contributed by atoms with Crippen molar-refractivity contribution in [2.75, 3.05) is 18.1 Å². The van der Waals surface area contributed by atoms with E-state index in [-0.39, 0.29) is 23.7 Å². The van der Waals surface area contributed by atoms with E-state index < -0.39 is 27.4 Å². The molecular weight excluding hydrogens is 260 g/mol. The summed E-state index contributed by atoms with van der Waals surface area (Å²) in [6.45, 7) is 1.83. The van der Waals surface area contributed by atoms with E-state index in [1.54, 1.807) is 6.92 Å². The summed E-state index contributed by atoms with van der Waals surface area (Å²) in [6, 6.07) is -0.425. The van der Waals surface area contributed by atoms with Gasteiger partial charge in [-0.1, -0.05) is 0 Å². The van der Waals surface area contributed by atoms with Crippen LogP contribution in [0.1, 0.15) is 29.7 Å². The van der Waals surface area contributed by atoms with E-state index in [4.69, 9.17) is 4.74 Å². The van der Waals surface area contributed by atoms with Gasteiger partial charge in [-0.05, 0) is 13.3 Å². The molecule has 1 N–H and O–H groups in total. The maximum absolute atomic E-state index is 11.9. The fourth-order valence-corrected chi connectivity index (χ4v) is 3.69. The van der Waals surface area contributed by atoms with Crippen LogP contribution in [0.3, 0.4) is 0 Å². The van der Waals surface area contributed by atoms with E-state index >= 15 is 0 Å². The SMILES string of the molecule is CCOC(=O)c1c[nH]n(C2CCS(=O)(=O)C2)c1=O. The highest BCUT2D eigenvalue weighted by Gasteiger charge is 2.31. The van der Waals surface area contributed by atoms with Crippen molar-refractivity contribution >= 4 is 15.8 Å². The lowest BCUT2D eigenvalue weighted by Crippen LogP contribution is -2.27. The number of hydrogen-bond acceptors (Lipinski definition) is 5. The molecule has 1 unspecified atom stereocenters. The molecule has 0 radical (unpaired) electrons. The first-order valence-corrected chi connectivity index (χ1v) is 7.44. The second-order valence-electron chi connectivity index (χ2n) is 4.14. The maximum atomic E-state index is 11.9. The number of nitrogens with zero attached hydrogens (tertiary/aromatic N) is 1. The monoisotopic (exact) mass is 274 g/mol. The van der Waals surface area contributed by atoms with Gasteiger partial charge in [0.2, 0.25) is 0 Å². The van der Waals surface area contributed by atoms with Crippen LogP contribution in [0.4, 0.5) is 0 Å². The van der Waals surface area contributed by atoms with E-state index in [2.05, 4.69) is 5.10 Å². The third-order valence-electron chi connectivity index (χ3n) is 2.87. The van der Waals surface area contributed by atoms with Crippen molar-refractivity contribution in [1.29, 1.82) is 0 Å². The van der Waals surface area contributed by atoms with Gasteiger partial charge in [0, 0.05) is 6.20 Å². The molecule has 1 aliphatic rings. The quantitative estimate of drug-likeness (QED) is 0.764. The summed E-state index contributed by atoms with van der Waals surface area (Å²) in [5.41, 5.74) is -0.628. The molecule has 0 amide bonds. The van der Waals surface area contributed by atoms with Crippen molar-refractivity contribution < 1.29 is 17.9 Å². The summed E-state index contributed by atoms with van der Waals surface area (Å²) < 4.78 is 28.6. The average molecular weight is 274 g/mol. The lowest BCUT2D eigenvalue weighted by atomic mass is 10.3. The topological polar surface area (TPSA) is 98.2 Å².